The molecule has 2 rings (SSSR count). The molecule has 0 amide bonds. The predicted octanol–water partition coefficient (Wildman–Crippen LogP) is 4.50. The summed E-state index contributed by atoms with van der Waals surface area (Å²) < 4.78 is 16.2. The molecule has 2 aromatic rings. The van der Waals surface area contributed by atoms with E-state index >= 15 is 0 Å². The molecular weight excluding hydrogens is 377 g/mol. The molecule has 0 fully saturated rings. The Hall–Kier alpha value is -0.750. The van der Waals surface area contributed by atoms with E-state index in [9.17, 15) is 4.39 Å². The monoisotopic (exact) mass is 389 g/mol. The van der Waals surface area contributed by atoms with Crippen LogP contribution in [0.15, 0.2) is 22.7 Å². The topological polar surface area (TPSA) is 30.7 Å². The summed E-state index contributed by atoms with van der Waals surface area (Å²) in [5.74, 6) is 1.19. The molecule has 1 aromatic carbocycles. The van der Waals surface area contributed by atoms with Crippen molar-refractivity contribution in [3.8, 4) is 11.4 Å². The first-order valence-corrected chi connectivity index (χ1v) is 7.71. The number of rotatable bonds is 2. The van der Waals surface area contributed by atoms with E-state index in [-0.39, 0.29) is 11.4 Å². The van der Waals surface area contributed by atoms with Crippen molar-refractivity contribution in [2.75, 3.05) is 0 Å². The Morgan fingerprint density at radius 1 is 1.21 bits per heavy atom. The first-order valence-electron chi connectivity index (χ1n) is 5.80. The lowest BCUT2D eigenvalue weighted by molar-refractivity contribution is 0.390. The van der Waals surface area contributed by atoms with E-state index < -0.39 is 0 Å². The molecule has 0 spiro atoms. The normalized spacial score (nSPS) is 11.9. The Bertz CT molecular complexity index is 582. The maximum Gasteiger partial charge on any atom is 0.164 e. The van der Waals surface area contributed by atoms with Crippen molar-refractivity contribution >= 4 is 31.9 Å². The number of hydrogen-bond acceptors (Lipinski definition) is 2. The van der Waals surface area contributed by atoms with E-state index in [4.69, 9.17) is 0 Å². The van der Waals surface area contributed by atoms with E-state index in [0.717, 1.165) is 5.82 Å². The van der Waals surface area contributed by atoms with Crippen molar-refractivity contribution in [2.45, 2.75) is 31.6 Å². The molecule has 0 bridgehead atoms. The molecule has 19 heavy (non-hydrogen) atoms. The summed E-state index contributed by atoms with van der Waals surface area (Å²) in [5.41, 5.74) is 0.530. The van der Waals surface area contributed by atoms with Gasteiger partial charge in [0, 0.05) is 15.6 Å². The molecule has 0 atom stereocenters. The van der Waals surface area contributed by atoms with Crippen LogP contribution in [-0.4, -0.2) is 14.8 Å². The number of hydrogen-bond donors (Lipinski definition) is 0. The number of benzene rings is 1. The van der Waals surface area contributed by atoms with E-state index in [0.29, 0.717) is 21.2 Å². The molecule has 0 aliphatic rings. The van der Waals surface area contributed by atoms with Gasteiger partial charge in [-0.1, -0.05) is 31.9 Å². The van der Waals surface area contributed by atoms with Crippen LogP contribution in [0.1, 0.15) is 26.6 Å². The lowest BCUT2D eigenvalue weighted by Crippen LogP contribution is -2.24. The van der Waals surface area contributed by atoms with E-state index in [1.165, 1.54) is 12.1 Å². The van der Waals surface area contributed by atoms with Gasteiger partial charge in [-0.25, -0.2) is 4.39 Å². The summed E-state index contributed by atoms with van der Waals surface area (Å²) in [6.07, 6.45) is 0. The van der Waals surface area contributed by atoms with Crippen molar-refractivity contribution in [2.24, 2.45) is 0 Å². The average molecular weight is 391 g/mol. The van der Waals surface area contributed by atoms with Crippen molar-refractivity contribution < 1.29 is 4.39 Å². The standard InChI is InChI=1S/C13H14Br2FN3/c1-13(2,3)19-11(7-14)17-18-12(19)8-4-9(15)6-10(16)5-8/h4-6H,7H2,1-3H3. The molecule has 0 unspecified atom stereocenters. The minimum absolute atomic E-state index is 0.180. The van der Waals surface area contributed by atoms with Gasteiger partial charge >= 0.3 is 0 Å². The molecule has 0 radical (unpaired) electrons. The van der Waals surface area contributed by atoms with Gasteiger partial charge in [0.1, 0.15) is 11.6 Å². The van der Waals surface area contributed by atoms with Gasteiger partial charge in [-0.05, 0) is 39.0 Å². The predicted molar refractivity (Wildman–Crippen MR) is 80.7 cm³/mol. The number of alkyl halides is 1. The van der Waals surface area contributed by atoms with Gasteiger partial charge in [0.25, 0.3) is 0 Å². The minimum atomic E-state index is -0.298. The first kappa shape index (κ1) is 14.7. The highest BCUT2D eigenvalue weighted by molar-refractivity contribution is 9.10. The highest BCUT2D eigenvalue weighted by Crippen LogP contribution is 2.29. The summed E-state index contributed by atoms with van der Waals surface area (Å²) in [6.45, 7) is 6.21. The molecule has 0 aliphatic carbocycles. The number of nitrogens with zero attached hydrogens (tertiary/aromatic N) is 3. The molecule has 102 valence electrons. The number of halogens is 3. The van der Waals surface area contributed by atoms with Crippen LogP contribution in [0, 0.1) is 5.82 Å². The van der Waals surface area contributed by atoms with E-state index in [1.807, 2.05) is 10.6 Å². The summed E-state index contributed by atoms with van der Waals surface area (Å²) in [5, 5.41) is 8.97. The molecule has 0 saturated heterocycles. The van der Waals surface area contributed by atoms with Crippen LogP contribution in [0.25, 0.3) is 11.4 Å². The summed E-state index contributed by atoms with van der Waals surface area (Å²) in [6, 6.07) is 4.73. The third kappa shape index (κ3) is 3.05. The van der Waals surface area contributed by atoms with Crippen LogP contribution >= 0.6 is 31.9 Å². The molecule has 0 N–H and O–H groups in total. The average Bonchev–Trinajstić information content (AvgIpc) is 2.70. The van der Waals surface area contributed by atoms with Crippen LogP contribution < -0.4 is 0 Å². The van der Waals surface area contributed by atoms with Crippen LogP contribution in [0.2, 0.25) is 0 Å². The Morgan fingerprint density at radius 3 is 2.42 bits per heavy atom. The van der Waals surface area contributed by atoms with Gasteiger partial charge in [0.2, 0.25) is 0 Å². The van der Waals surface area contributed by atoms with Crippen LogP contribution in [0.5, 0.6) is 0 Å². The maximum atomic E-state index is 13.5. The zero-order chi connectivity index (χ0) is 14.2. The Kier molecular flexibility index (Phi) is 4.11. The lowest BCUT2D eigenvalue weighted by Gasteiger charge is -2.24. The van der Waals surface area contributed by atoms with Crippen molar-refractivity contribution in [3.05, 3.63) is 34.3 Å². The Morgan fingerprint density at radius 2 is 1.89 bits per heavy atom. The molecule has 0 saturated carbocycles. The lowest BCUT2D eigenvalue weighted by atomic mass is 10.1. The fourth-order valence-electron chi connectivity index (χ4n) is 1.98. The van der Waals surface area contributed by atoms with E-state index in [1.54, 1.807) is 0 Å². The van der Waals surface area contributed by atoms with Crippen LogP contribution in [-0.2, 0) is 10.9 Å². The third-order valence-corrected chi connectivity index (χ3v) is 3.60. The third-order valence-electron chi connectivity index (χ3n) is 2.64. The maximum absolute atomic E-state index is 13.5. The van der Waals surface area contributed by atoms with Gasteiger partial charge in [-0.15, -0.1) is 10.2 Å². The second kappa shape index (κ2) is 5.32. The summed E-state index contributed by atoms with van der Waals surface area (Å²) >= 11 is 6.71. The quantitative estimate of drug-likeness (QED) is 0.707. The fraction of sp³-hybridized carbons (Fsp3) is 0.385. The summed E-state index contributed by atoms with van der Waals surface area (Å²) in [4.78, 5) is 0. The molecule has 0 aliphatic heterocycles. The highest BCUT2D eigenvalue weighted by atomic mass is 79.9. The minimum Gasteiger partial charge on any atom is -0.305 e. The second-order valence-corrected chi connectivity index (χ2v) is 6.71. The number of aromatic nitrogens is 3. The molecule has 3 nitrogen and oxygen atoms in total. The summed E-state index contributed by atoms with van der Waals surface area (Å²) in [7, 11) is 0. The fourth-order valence-corrected chi connectivity index (χ4v) is 2.81. The Balaban J connectivity index is 2.66. The largest absolute Gasteiger partial charge is 0.305 e. The molecule has 1 aromatic heterocycles. The van der Waals surface area contributed by atoms with Gasteiger partial charge in [0.05, 0.1) is 5.33 Å². The molecule has 6 heteroatoms. The smallest absolute Gasteiger partial charge is 0.164 e. The van der Waals surface area contributed by atoms with Crippen molar-refractivity contribution in [1.29, 1.82) is 0 Å². The molecule has 1 heterocycles. The van der Waals surface area contributed by atoms with Crippen LogP contribution in [0.4, 0.5) is 4.39 Å². The van der Waals surface area contributed by atoms with Gasteiger partial charge in [-0.2, -0.15) is 0 Å². The first-order chi connectivity index (χ1) is 8.82. The van der Waals surface area contributed by atoms with Crippen LogP contribution in [0.3, 0.4) is 0 Å². The molecular formula is C13H14Br2FN3. The van der Waals surface area contributed by atoms with E-state index in [2.05, 4.69) is 62.8 Å². The SMILES string of the molecule is CC(C)(C)n1c(CBr)nnc1-c1cc(F)cc(Br)c1. The zero-order valence-corrected chi connectivity index (χ0v) is 14.1. The Labute approximate surface area is 128 Å². The van der Waals surface area contributed by atoms with Crippen molar-refractivity contribution in [1.82, 2.24) is 14.8 Å². The second-order valence-electron chi connectivity index (χ2n) is 5.24. The van der Waals surface area contributed by atoms with Gasteiger partial charge < -0.3 is 4.57 Å². The highest BCUT2D eigenvalue weighted by Gasteiger charge is 2.23. The van der Waals surface area contributed by atoms with Gasteiger partial charge in [-0.3, -0.25) is 0 Å². The van der Waals surface area contributed by atoms with Crippen molar-refractivity contribution in [3.63, 3.8) is 0 Å². The zero-order valence-electron chi connectivity index (χ0n) is 10.9. The van der Waals surface area contributed by atoms with Gasteiger partial charge in [0.15, 0.2) is 5.82 Å².